The van der Waals surface area contributed by atoms with E-state index in [-0.39, 0.29) is 12.5 Å². The second kappa shape index (κ2) is 6.31. The summed E-state index contributed by atoms with van der Waals surface area (Å²) in [5.74, 6) is 0.143. The van der Waals surface area contributed by atoms with Crippen molar-refractivity contribution in [2.75, 3.05) is 4.90 Å². The van der Waals surface area contributed by atoms with Gasteiger partial charge >= 0.3 is 6.09 Å². The van der Waals surface area contributed by atoms with Crippen molar-refractivity contribution in [3.05, 3.63) is 59.9 Å². The number of aromatic nitrogens is 3. The number of anilines is 1. The van der Waals surface area contributed by atoms with Gasteiger partial charge in [-0.2, -0.15) is 0 Å². The summed E-state index contributed by atoms with van der Waals surface area (Å²) in [5.41, 5.74) is 1.68. The molecule has 6 nitrogen and oxygen atoms in total. The Bertz CT molecular complexity index is 761. The molecule has 0 aliphatic carbocycles. The molecule has 3 aromatic rings. The number of thiazole rings is 1. The topological polar surface area (TPSA) is 79.2 Å². The first kappa shape index (κ1) is 14.2. The zero-order chi connectivity index (χ0) is 15.4. The molecule has 0 aliphatic rings. The second-order valence-electron chi connectivity index (χ2n) is 4.43. The van der Waals surface area contributed by atoms with Gasteiger partial charge in [0.1, 0.15) is 5.01 Å². The first-order chi connectivity index (χ1) is 10.7. The molecule has 1 aromatic carbocycles. The summed E-state index contributed by atoms with van der Waals surface area (Å²) in [6, 6.07) is 11.4. The Balaban J connectivity index is 1.83. The van der Waals surface area contributed by atoms with Crippen molar-refractivity contribution in [2.45, 2.75) is 6.54 Å². The van der Waals surface area contributed by atoms with Crippen LogP contribution in [0.3, 0.4) is 0 Å². The van der Waals surface area contributed by atoms with Crippen LogP contribution < -0.4 is 4.90 Å². The molecule has 1 N–H and O–H groups in total. The van der Waals surface area contributed by atoms with Crippen LogP contribution in [0.15, 0.2) is 54.2 Å². The van der Waals surface area contributed by atoms with Crippen molar-refractivity contribution in [3.63, 3.8) is 0 Å². The van der Waals surface area contributed by atoms with Crippen LogP contribution in [0.1, 0.15) is 5.69 Å². The predicted molar refractivity (Wildman–Crippen MR) is 83.8 cm³/mol. The van der Waals surface area contributed by atoms with E-state index in [0.717, 1.165) is 15.5 Å². The molecule has 0 saturated heterocycles. The first-order valence-electron chi connectivity index (χ1n) is 6.51. The van der Waals surface area contributed by atoms with Gasteiger partial charge in [0.05, 0.1) is 12.2 Å². The number of hydrogen-bond donors (Lipinski definition) is 1. The highest BCUT2D eigenvalue weighted by Crippen LogP contribution is 2.24. The van der Waals surface area contributed by atoms with Crippen molar-refractivity contribution < 1.29 is 9.90 Å². The largest absolute Gasteiger partial charge is 0.465 e. The molecular formula is C15H12N4O2S. The summed E-state index contributed by atoms with van der Waals surface area (Å²) in [6.45, 7) is 0.114. The number of nitrogens with zero attached hydrogens (tertiary/aromatic N) is 4. The Labute approximate surface area is 130 Å². The Hall–Kier alpha value is -2.80. The van der Waals surface area contributed by atoms with Gasteiger partial charge in [0.15, 0.2) is 0 Å². The standard InChI is InChI=1S/C15H12N4O2S/c20-15(21)19(14-16-7-4-8-17-14)9-12-10-22-13(18-12)11-5-2-1-3-6-11/h1-8,10H,9H2,(H,20,21). The maximum absolute atomic E-state index is 11.4. The minimum absolute atomic E-state index is 0.114. The average Bonchev–Trinajstić information content (AvgIpc) is 3.03. The summed E-state index contributed by atoms with van der Waals surface area (Å²) in [4.78, 5) is 24.9. The fourth-order valence-electron chi connectivity index (χ4n) is 1.91. The van der Waals surface area contributed by atoms with Crippen LogP contribution in [-0.2, 0) is 6.54 Å². The fraction of sp³-hybridized carbons (Fsp3) is 0.0667. The minimum Gasteiger partial charge on any atom is -0.465 e. The van der Waals surface area contributed by atoms with E-state index < -0.39 is 6.09 Å². The van der Waals surface area contributed by atoms with E-state index in [1.807, 2.05) is 35.7 Å². The summed E-state index contributed by atoms with van der Waals surface area (Å²) < 4.78 is 0. The molecule has 0 spiro atoms. The molecule has 2 heterocycles. The van der Waals surface area contributed by atoms with E-state index >= 15 is 0 Å². The van der Waals surface area contributed by atoms with E-state index in [4.69, 9.17) is 0 Å². The third-order valence-electron chi connectivity index (χ3n) is 2.92. The van der Waals surface area contributed by atoms with Gasteiger partial charge in [0, 0.05) is 23.3 Å². The van der Waals surface area contributed by atoms with Gasteiger partial charge in [-0.05, 0) is 6.07 Å². The molecule has 0 saturated carbocycles. The molecule has 0 bridgehead atoms. The molecule has 2 aromatic heterocycles. The molecule has 110 valence electrons. The molecule has 22 heavy (non-hydrogen) atoms. The van der Waals surface area contributed by atoms with Gasteiger partial charge in [-0.3, -0.25) is 0 Å². The minimum atomic E-state index is -1.11. The van der Waals surface area contributed by atoms with E-state index in [9.17, 15) is 9.90 Å². The van der Waals surface area contributed by atoms with Crippen molar-refractivity contribution in [1.82, 2.24) is 15.0 Å². The lowest BCUT2D eigenvalue weighted by molar-refractivity contribution is 0.201. The third-order valence-corrected chi connectivity index (χ3v) is 3.86. The van der Waals surface area contributed by atoms with Crippen LogP contribution in [0.5, 0.6) is 0 Å². The zero-order valence-electron chi connectivity index (χ0n) is 11.5. The van der Waals surface area contributed by atoms with Crippen LogP contribution in [-0.4, -0.2) is 26.2 Å². The van der Waals surface area contributed by atoms with Crippen LogP contribution in [0.4, 0.5) is 10.7 Å². The predicted octanol–water partition coefficient (Wildman–Crippen LogP) is 3.28. The molecule has 0 atom stereocenters. The van der Waals surface area contributed by atoms with Gasteiger partial charge in [-0.1, -0.05) is 30.3 Å². The lowest BCUT2D eigenvalue weighted by Crippen LogP contribution is -2.30. The van der Waals surface area contributed by atoms with Crippen LogP contribution in [0.25, 0.3) is 10.6 Å². The molecule has 0 fully saturated rings. The highest BCUT2D eigenvalue weighted by atomic mass is 32.1. The number of carboxylic acid groups (broad SMARTS) is 1. The molecule has 3 rings (SSSR count). The number of rotatable bonds is 4. The highest BCUT2D eigenvalue weighted by molar-refractivity contribution is 7.13. The first-order valence-corrected chi connectivity index (χ1v) is 7.39. The smallest absolute Gasteiger partial charge is 0.414 e. The maximum Gasteiger partial charge on any atom is 0.414 e. The summed E-state index contributed by atoms with van der Waals surface area (Å²) in [7, 11) is 0. The number of benzene rings is 1. The van der Waals surface area contributed by atoms with E-state index in [0.29, 0.717) is 5.69 Å². The zero-order valence-corrected chi connectivity index (χ0v) is 12.3. The molecule has 0 radical (unpaired) electrons. The van der Waals surface area contributed by atoms with Gasteiger partial charge in [0.25, 0.3) is 0 Å². The van der Waals surface area contributed by atoms with Gasteiger partial charge in [-0.25, -0.2) is 24.6 Å². The lowest BCUT2D eigenvalue weighted by Gasteiger charge is -2.15. The SMILES string of the molecule is O=C(O)N(Cc1csc(-c2ccccc2)n1)c1ncccn1. The summed E-state index contributed by atoms with van der Waals surface area (Å²) in [5, 5.41) is 12.0. The second-order valence-corrected chi connectivity index (χ2v) is 5.29. The van der Waals surface area contributed by atoms with Crippen LogP contribution in [0, 0.1) is 0 Å². The molecule has 7 heteroatoms. The van der Waals surface area contributed by atoms with Crippen LogP contribution in [0.2, 0.25) is 0 Å². The van der Waals surface area contributed by atoms with E-state index in [1.54, 1.807) is 6.07 Å². The number of amides is 1. The van der Waals surface area contributed by atoms with Gasteiger partial charge in [-0.15, -0.1) is 11.3 Å². The van der Waals surface area contributed by atoms with Gasteiger partial charge < -0.3 is 5.11 Å². The quantitative estimate of drug-likeness (QED) is 0.799. The Kier molecular flexibility index (Phi) is 4.06. The van der Waals surface area contributed by atoms with Gasteiger partial charge in [0.2, 0.25) is 5.95 Å². The summed E-state index contributed by atoms with van der Waals surface area (Å²) >= 11 is 1.48. The third kappa shape index (κ3) is 3.09. The highest BCUT2D eigenvalue weighted by Gasteiger charge is 2.19. The monoisotopic (exact) mass is 312 g/mol. The lowest BCUT2D eigenvalue weighted by atomic mass is 10.2. The molecular weight excluding hydrogens is 300 g/mol. The number of carbonyl (C=O) groups is 1. The summed E-state index contributed by atoms with van der Waals surface area (Å²) in [6.07, 6.45) is 1.91. The maximum atomic E-state index is 11.4. The van der Waals surface area contributed by atoms with E-state index in [2.05, 4.69) is 15.0 Å². The van der Waals surface area contributed by atoms with Crippen molar-refractivity contribution in [1.29, 1.82) is 0 Å². The Morgan fingerprint density at radius 2 is 1.86 bits per heavy atom. The molecule has 0 unspecified atom stereocenters. The van der Waals surface area contributed by atoms with Crippen LogP contribution >= 0.6 is 11.3 Å². The number of hydrogen-bond acceptors (Lipinski definition) is 5. The van der Waals surface area contributed by atoms with Crippen molar-refractivity contribution in [2.24, 2.45) is 0 Å². The molecule has 1 amide bonds. The van der Waals surface area contributed by atoms with E-state index in [1.165, 1.54) is 23.7 Å². The van der Waals surface area contributed by atoms with Crippen molar-refractivity contribution >= 4 is 23.4 Å². The fourth-order valence-corrected chi connectivity index (χ4v) is 2.73. The molecule has 0 aliphatic heterocycles. The van der Waals surface area contributed by atoms with Crippen molar-refractivity contribution in [3.8, 4) is 10.6 Å². The Morgan fingerprint density at radius 1 is 1.14 bits per heavy atom. The Morgan fingerprint density at radius 3 is 2.55 bits per heavy atom. The average molecular weight is 312 g/mol. The normalized spacial score (nSPS) is 10.4.